The van der Waals surface area contributed by atoms with Crippen LogP contribution in [-0.4, -0.2) is 6.16 Å². The SMILES string of the molecule is CCC/C=C/PCCCCCCCCCC. The van der Waals surface area contributed by atoms with E-state index in [1.54, 1.807) is 0 Å². The summed E-state index contributed by atoms with van der Waals surface area (Å²) in [5.74, 6) is 2.39. The molecule has 0 aromatic rings. The molecule has 0 radical (unpaired) electrons. The van der Waals surface area contributed by atoms with E-state index >= 15 is 0 Å². The van der Waals surface area contributed by atoms with Crippen LogP contribution in [0.25, 0.3) is 0 Å². The Labute approximate surface area is 105 Å². The minimum absolute atomic E-state index is 1.07. The molecule has 0 aromatic carbocycles. The van der Waals surface area contributed by atoms with Crippen LogP contribution in [0.3, 0.4) is 0 Å². The Morgan fingerprint density at radius 3 is 2.00 bits per heavy atom. The fourth-order valence-corrected chi connectivity index (χ4v) is 2.73. The molecule has 0 N–H and O–H groups in total. The van der Waals surface area contributed by atoms with Crippen molar-refractivity contribution < 1.29 is 0 Å². The lowest BCUT2D eigenvalue weighted by molar-refractivity contribution is 0.586. The van der Waals surface area contributed by atoms with E-state index in [0.29, 0.717) is 0 Å². The van der Waals surface area contributed by atoms with Crippen LogP contribution >= 0.6 is 8.58 Å². The van der Waals surface area contributed by atoms with Crippen molar-refractivity contribution in [3.8, 4) is 0 Å². The molecular weight excluding hydrogens is 211 g/mol. The Morgan fingerprint density at radius 2 is 1.38 bits per heavy atom. The molecule has 0 nitrogen and oxygen atoms in total. The van der Waals surface area contributed by atoms with E-state index in [9.17, 15) is 0 Å². The van der Waals surface area contributed by atoms with Gasteiger partial charge in [0.05, 0.1) is 0 Å². The Morgan fingerprint density at radius 1 is 0.750 bits per heavy atom. The van der Waals surface area contributed by atoms with Crippen molar-refractivity contribution in [2.24, 2.45) is 0 Å². The van der Waals surface area contributed by atoms with E-state index in [2.05, 4.69) is 25.7 Å². The van der Waals surface area contributed by atoms with Gasteiger partial charge < -0.3 is 0 Å². The molecule has 0 saturated heterocycles. The molecule has 0 aliphatic rings. The summed E-state index contributed by atoms with van der Waals surface area (Å²) in [5, 5.41) is 0. The van der Waals surface area contributed by atoms with E-state index in [1.807, 2.05) is 0 Å². The summed E-state index contributed by atoms with van der Waals surface area (Å²) in [5.41, 5.74) is 0. The molecule has 0 spiro atoms. The zero-order valence-electron chi connectivity index (χ0n) is 11.4. The first-order valence-corrected chi connectivity index (χ1v) is 8.58. The summed E-state index contributed by atoms with van der Waals surface area (Å²) in [6.07, 6.45) is 17.9. The third kappa shape index (κ3) is 14.2. The largest absolute Gasteiger partial charge is 0.0987 e. The predicted molar refractivity (Wildman–Crippen MR) is 79.8 cm³/mol. The minimum Gasteiger partial charge on any atom is -0.0987 e. The first kappa shape index (κ1) is 16.2. The topological polar surface area (TPSA) is 0 Å². The minimum atomic E-state index is 1.07. The summed E-state index contributed by atoms with van der Waals surface area (Å²) in [6, 6.07) is 0. The zero-order chi connectivity index (χ0) is 11.9. The molecule has 96 valence electrons. The molecule has 1 unspecified atom stereocenters. The second-order valence-electron chi connectivity index (χ2n) is 4.62. The van der Waals surface area contributed by atoms with Gasteiger partial charge in [0, 0.05) is 0 Å². The smallest absolute Gasteiger partial charge is 0.0319 e. The van der Waals surface area contributed by atoms with Crippen LogP contribution < -0.4 is 0 Å². The van der Waals surface area contributed by atoms with Crippen LogP contribution in [-0.2, 0) is 0 Å². The van der Waals surface area contributed by atoms with Crippen LogP contribution in [0, 0.1) is 0 Å². The Kier molecular flexibility index (Phi) is 15.3. The Hall–Kier alpha value is 0.170. The lowest BCUT2D eigenvalue weighted by atomic mass is 10.1. The van der Waals surface area contributed by atoms with Crippen molar-refractivity contribution in [3.63, 3.8) is 0 Å². The van der Waals surface area contributed by atoms with Crippen LogP contribution in [0.5, 0.6) is 0 Å². The van der Waals surface area contributed by atoms with E-state index in [1.165, 1.54) is 70.4 Å². The highest BCUT2D eigenvalue weighted by Crippen LogP contribution is 2.16. The standard InChI is InChI=1S/C15H31P/c1-3-5-7-8-9-10-11-13-15-16-14-12-6-4-2/h12,14,16H,3-11,13,15H2,1-2H3/b14-12+. The van der Waals surface area contributed by atoms with Crippen LogP contribution in [0.2, 0.25) is 0 Å². The van der Waals surface area contributed by atoms with E-state index in [0.717, 1.165) is 8.58 Å². The second kappa shape index (κ2) is 15.2. The summed E-state index contributed by atoms with van der Waals surface area (Å²) in [6.45, 7) is 4.53. The first-order valence-electron chi connectivity index (χ1n) is 7.30. The van der Waals surface area contributed by atoms with Gasteiger partial charge in [-0.05, 0) is 19.0 Å². The molecule has 0 aromatic heterocycles. The van der Waals surface area contributed by atoms with Crippen molar-refractivity contribution in [3.05, 3.63) is 11.9 Å². The number of rotatable bonds is 12. The highest BCUT2D eigenvalue weighted by Gasteiger charge is 1.90. The Balaban J connectivity index is 2.93. The molecule has 1 atom stereocenters. The van der Waals surface area contributed by atoms with E-state index in [4.69, 9.17) is 0 Å². The quantitative estimate of drug-likeness (QED) is 0.286. The number of unbranched alkanes of at least 4 members (excludes halogenated alkanes) is 8. The second-order valence-corrected chi connectivity index (χ2v) is 5.86. The summed E-state index contributed by atoms with van der Waals surface area (Å²) < 4.78 is 0. The average molecular weight is 242 g/mol. The predicted octanol–water partition coefficient (Wildman–Crippen LogP) is 6.12. The van der Waals surface area contributed by atoms with Crippen LogP contribution in [0.4, 0.5) is 0 Å². The summed E-state index contributed by atoms with van der Waals surface area (Å²) >= 11 is 0. The molecule has 0 aliphatic carbocycles. The van der Waals surface area contributed by atoms with Gasteiger partial charge in [-0.2, -0.15) is 0 Å². The molecule has 1 heteroatoms. The van der Waals surface area contributed by atoms with Crippen molar-refractivity contribution in [1.29, 1.82) is 0 Å². The van der Waals surface area contributed by atoms with Crippen LogP contribution in [0.1, 0.15) is 78.1 Å². The monoisotopic (exact) mass is 242 g/mol. The molecule has 0 saturated carbocycles. The van der Waals surface area contributed by atoms with Gasteiger partial charge in [0.2, 0.25) is 0 Å². The van der Waals surface area contributed by atoms with Crippen LogP contribution in [0.15, 0.2) is 11.9 Å². The van der Waals surface area contributed by atoms with Gasteiger partial charge in [0.15, 0.2) is 0 Å². The molecule has 0 amide bonds. The van der Waals surface area contributed by atoms with Crippen molar-refractivity contribution in [2.45, 2.75) is 78.1 Å². The van der Waals surface area contributed by atoms with Gasteiger partial charge in [-0.1, -0.05) is 85.7 Å². The molecule has 0 rings (SSSR count). The van der Waals surface area contributed by atoms with Gasteiger partial charge in [-0.25, -0.2) is 0 Å². The molecule has 0 bridgehead atoms. The Bertz CT molecular complexity index is 140. The maximum atomic E-state index is 2.39. The van der Waals surface area contributed by atoms with E-state index in [-0.39, 0.29) is 0 Å². The fourth-order valence-electron chi connectivity index (χ4n) is 1.78. The van der Waals surface area contributed by atoms with Gasteiger partial charge in [-0.15, -0.1) is 0 Å². The number of allylic oxidation sites excluding steroid dienone is 1. The lowest BCUT2D eigenvalue weighted by Gasteiger charge is -2.00. The highest BCUT2D eigenvalue weighted by molar-refractivity contribution is 7.41. The molecular formula is C15H31P. The van der Waals surface area contributed by atoms with Crippen molar-refractivity contribution in [2.75, 3.05) is 6.16 Å². The fraction of sp³-hybridized carbons (Fsp3) is 0.867. The molecule has 16 heavy (non-hydrogen) atoms. The third-order valence-corrected chi connectivity index (χ3v) is 3.98. The van der Waals surface area contributed by atoms with Gasteiger partial charge in [-0.3, -0.25) is 0 Å². The molecule has 0 aliphatic heterocycles. The molecule has 0 heterocycles. The van der Waals surface area contributed by atoms with Gasteiger partial charge in [0.25, 0.3) is 0 Å². The van der Waals surface area contributed by atoms with Gasteiger partial charge in [0.1, 0.15) is 0 Å². The molecule has 0 fully saturated rings. The summed E-state index contributed by atoms with van der Waals surface area (Å²) in [4.78, 5) is 0. The lowest BCUT2D eigenvalue weighted by Crippen LogP contribution is -1.81. The maximum Gasteiger partial charge on any atom is -0.0319 e. The zero-order valence-corrected chi connectivity index (χ0v) is 12.4. The third-order valence-electron chi connectivity index (χ3n) is 2.87. The first-order chi connectivity index (χ1) is 7.91. The average Bonchev–Trinajstić information content (AvgIpc) is 2.31. The van der Waals surface area contributed by atoms with Crippen molar-refractivity contribution >= 4 is 8.58 Å². The highest BCUT2D eigenvalue weighted by atomic mass is 31.1. The van der Waals surface area contributed by atoms with E-state index < -0.39 is 0 Å². The maximum absolute atomic E-state index is 2.39. The normalized spacial score (nSPS) is 12.1. The summed E-state index contributed by atoms with van der Waals surface area (Å²) in [7, 11) is 1.07. The number of hydrogen-bond acceptors (Lipinski definition) is 0. The number of hydrogen-bond donors (Lipinski definition) is 0. The van der Waals surface area contributed by atoms with Gasteiger partial charge >= 0.3 is 0 Å². The van der Waals surface area contributed by atoms with Crippen molar-refractivity contribution in [1.82, 2.24) is 0 Å².